The van der Waals surface area contributed by atoms with Crippen LogP contribution in [0, 0.1) is 5.82 Å². The average molecular weight is 285 g/mol. The molecule has 2 atom stereocenters. The highest BCUT2D eigenvalue weighted by Crippen LogP contribution is 2.13. The van der Waals surface area contributed by atoms with Gasteiger partial charge in [-0.3, -0.25) is 4.79 Å². The van der Waals surface area contributed by atoms with Crippen molar-refractivity contribution in [3.05, 3.63) is 30.1 Å². The molecule has 0 saturated heterocycles. The maximum absolute atomic E-state index is 12.8. The number of halogens is 1. The summed E-state index contributed by atoms with van der Waals surface area (Å²) in [5.74, 6) is -0.262. The van der Waals surface area contributed by atoms with Crippen molar-refractivity contribution in [1.82, 2.24) is 5.32 Å². The van der Waals surface area contributed by atoms with Gasteiger partial charge < -0.3 is 19.9 Å². The molecule has 0 spiro atoms. The molecule has 20 heavy (non-hydrogen) atoms. The molecule has 0 bridgehead atoms. The molecule has 1 rings (SSSR count). The van der Waals surface area contributed by atoms with Gasteiger partial charge in [0.2, 0.25) is 0 Å². The predicted octanol–water partition coefficient (Wildman–Crippen LogP) is 1.11. The number of rotatable bonds is 8. The molecule has 0 fully saturated rings. The molecule has 5 nitrogen and oxygen atoms in total. The monoisotopic (exact) mass is 285 g/mol. The van der Waals surface area contributed by atoms with Crippen LogP contribution >= 0.6 is 0 Å². The lowest BCUT2D eigenvalue weighted by atomic mass is 10.2. The number of hydrogen-bond acceptors (Lipinski definition) is 4. The van der Waals surface area contributed by atoms with E-state index in [1.807, 2.05) is 0 Å². The van der Waals surface area contributed by atoms with E-state index < -0.39 is 6.10 Å². The van der Waals surface area contributed by atoms with Gasteiger partial charge in [0.15, 0.2) is 6.10 Å². The van der Waals surface area contributed by atoms with Crippen LogP contribution in [-0.2, 0) is 9.53 Å². The van der Waals surface area contributed by atoms with Crippen LogP contribution in [0.1, 0.15) is 13.3 Å². The summed E-state index contributed by atoms with van der Waals surface area (Å²) in [5.41, 5.74) is 0. The number of nitrogens with one attached hydrogen (secondary N) is 1. The number of amides is 1. The van der Waals surface area contributed by atoms with Gasteiger partial charge in [0.05, 0.1) is 12.6 Å². The van der Waals surface area contributed by atoms with E-state index in [1.54, 1.807) is 6.92 Å². The Labute approximate surface area is 117 Å². The summed E-state index contributed by atoms with van der Waals surface area (Å²) in [6.45, 7) is 1.87. The van der Waals surface area contributed by atoms with Gasteiger partial charge in [0.25, 0.3) is 5.91 Å². The molecule has 2 N–H and O–H groups in total. The number of carbonyl (C=O) groups is 1. The number of carbonyl (C=O) groups excluding carboxylic acids is 1. The number of methoxy groups -OCH3 is 1. The number of benzene rings is 1. The second kappa shape index (κ2) is 8.50. The van der Waals surface area contributed by atoms with Crippen molar-refractivity contribution < 1.29 is 23.8 Å². The van der Waals surface area contributed by atoms with E-state index in [4.69, 9.17) is 14.6 Å². The van der Waals surface area contributed by atoms with Gasteiger partial charge in [-0.25, -0.2) is 4.39 Å². The molecule has 112 valence electrons. The van der Waals surface area contributed by atoms with Gasteiger partial charge in [0, 0.05) is 13.7 Å². The van der Waals surface area contributed by atoms with E-state index in [2.05, 4.69) is 5.32 Å². The largest absolute Gasteiger partial charge is 0.481 e. The van der Waals surface area contributed by atoms with Crippen molar-refractivity contribution in [2.75, 3.05) is 20.3 Å². The van der Waals surface area contributed by atoms with Crippen LogP contribution in [-0.4, -0.2) is 43.5 Å². The minimum atomic E-state index is -0.724. The zero-order chi connectivity index (χ0) is 15.0. The van der Waals surface area contributed by atoms with Crippen LogP contribution < -0.4 is 10.1 Å². The number of aliphatic hydroxyl groups is 1. The molecule has 0 aliphatic heterocycles. The Morgan fingerprint density at radius 2 is 2.05 bits per heavy atom. The fraction of sp³-hybridized carbons (Fsp3) is 0.500. The second-order valence-corrected chi connectivity index (χ2v) is 4.39. The summed E-state index contributed by atoms with van der Waals surface area (Å²) in [5, 5.41) is 11.6. The summed E-state index contributed by atoms with van der Waals surface area (Å²) in [6, 6.07) is 5.18. The van der Waals surface area contributed by atoms with Crippen LogP contribution in [0.3, 0.4) is 0 Å². The molecular formula is C14H20FNO4. The molecule has 0 aromatic heterocycles. The van der Waals surface area contributed by atoms with E-state index in [0.29, 0.717) is 18.8 Å². The Morgan fingerprint density at radius 1 is 1.40 bits per heavy atom. The van der Waals surface area contributed by atoms with E-state index in [0.717, 1.165) is 0 Å². The van der Waals surface area contributed by atoms with Crippen molar-refractivity contribution in [1.29, 1.82) is 0 Å². The van der Waals surface area contributed by atoms with Gasteiger partial charge in [-0.1, -0.05) is 0 Å². The third-order valence-corrected chi connectivity index (χ3v) is 2.69. The fourth-order valence-electron chi connectivity index (χ4n) is 1.64. The summed E-state index contributed by atoms with van der Waals surface area (Å²) < 4.78 is 23.1. The van der Waals surface area contributed by atoms with Gasteiger partial charge in [0.1, 0.15) is 11.6 Å². The Bertz CT molecular complexity index is 404. The molecule has 0 saturated carbocycles. The van der Waals surface area contributed by atoms with Crippen LogP contribution in [0.4, 0.5) is 4.39 Å². The van der Waals surface area contributed by atoms with Gasteiger partial charge >= 0.3 is 0 Å². The highest BCUT2D eigenvalue weighted by Gasteiger charge is 2.18. The first kappa shape index (κ1) is 16.4. The molecule has 0 aliphatic carbocycles. The normalized spacial score (nSPS) is 13.6. The third-order valence-electron chi connectivity index (χ3n) is 2.69. The van der Waals surface area contributed by atoms with Gasteiger partial charge in [-0.15, -0.1) is 0 Å². The van der Waals surface area contributed by atoms with Crippen LogP contribution in [0.5, 0.6) is 5.75 Å². The first-order valence-electron chi connectivity index (χ1n) is 6.39. The lowest BCUT2D eigenvalue weighted by Crippen LogP contribution is -2.44. The molecule has 0 radical (unpaired) electrons. The topological polar surface area (TPSA) is 67.8 Å². The standard InChI is InChI=1S/C14H20FNO4/c1-10(20-13-5-3-11(15)4-6-13)14(18)16-12(7-8-17)9-19-2/h3-6,10,12,17H,7-9H2,1-2H3,(H,16,18). The Morgan fingerprint density at radius 3 is 2.60 bits per heavy atom. The van der Waals surface area contributed by atoms with E-state index >= 15 is 0 Å². The maximum Gasteiger partial charge on any atom is 0.261 e. The first-order chi connectivity index (χ1) is 9.56. The molecule has 1 aromatic carbocycles. The quantitative estimate of drug-likeness (QED) is 0.751. The summed E-state index contributed by atoms with van der Waals surface area (Å²) in [4.78, 5) is 11.9. The second-order valence-electron chi connectivity index (χ2n) is 4.39. The smallest absolute Gasteiger partial charge is 0.261 e. The van der Waals surface area contributed by atoms with Crippen LogP contribution in [0.2, 0.25) is 0 Å². The zero-order valence-electron chi connectivity index (χ0n) is 11.6. The summed E-state index contributed by atoms with van der Waals surface area (Å²) in [6.07, 6.45) is -0.318. The average Bonchev–Trinajstić information content (AvgIpc) is 2.42. The van der Waals surface area contributed by atoms with E-state index in [9.17, 15) is 9.18 Å². The predicted molar refractivity (Wildman–Crippen MR) is 72.0 cm³/mol. The zero-order valence-corrected chi connectivity index (χ0v) is 11.6. The van der Waals surface area contributed by atoms with Gasteiger partial charge in [-0.05, 0) is 37.6 Å². The summed E-state index contributed by atoms with van der Waals surface area (Å²) in [7, 11) is 1.52. The highest BCUT2D eigenvalue weighted by atomic mass is 19.1. The van der Waals surface area contributed by atoms with E-state index in [1.165, 1.54) is 31.4 Å². The van der Waals surface area contributed by atoms with E-state index in [-0.39, 0.29) is 24.4 Å². The Kier molecular flexibility index (Phi) is 6.97. The lowest BCUT2D eigenvalue weighted by molar-refractivity contribution is -0.128. The van der Waals surface area contributed by atoms with Crippen molar-refractivity contribution in [2.24, 2.45) is 0 Å². The van der Waals surface area contributed by atoms with Crippen LogP contribution in [0.25, 0.3) is 0 Å². The third kappa shape index (κ3) is 5.54. The minimum Gasteiger partial charge on any atom is -0.481 e. The number of hydrogen-bond donors (Lipinski definition) is 2. The molecular weight excluding hydrogens is 265 g/mol. The maximum atomic E-state index is 12.8. The molecule has 2 unspecified atom stereocenters. The molecule has 1 amide bonds. The van der Waals surface area contributed by atoms with Gasteiger partial charge in [-0.2, -0.15) is 0 Å². The van der Waals surface area contributed by atoms with Crippen molar-refractivity contribution in [3.63, 3.8) is 0 Å². The highest BCUT2D eigenvalue weighted by molar-refractivity contribution is 5.81. The molecule has 0 heterocycles. The Balaban J connectivity index is 2.50. The summed E-state index contributed by atoms with van der Waals surface area (Å²) >= 11 is 0. The first-order valence-corrected chi connectivity index (χ1v) is 6.39. The van der Waals surface area contributed by atoms with Crippen LogP contribution in [0.15, 0.2) is 24.3 Å². The minimum absolute atomic E-state index is 0.0402. The SMILES string of the molecule is COCC(CCO)NC(=O)C(C)Oc1ccc(F)cc1. The number of ether oxygens (including phenoxy) is 2. The molecule has 6 heteroatoms. The number of aliphatic hydroxyl groups excluding tert-OH is 1. The van der Waals surface area contributed by atoms with Crippen molar-refractivity contribution in [3.8, 4) is 5.75 Å². The molecule has 1 aromatic rings. The fourth-order valence-corrected chi connectivity index (χ4v) is 1.64. The van der Waals surface area contributed by atoms with Crippen molar-refractivity contribution >= 4 is 5.91 Å². The lowest BCUT2D eigenvalue weighted by Gasteiger charge is -2.20. The Hall–Kier alpha value is -1.66. The molecule has 0 aliphatic rings. The van der Waals surface area contributed by atoms with Crippen molar-refractivity contribution in [2.45, 2.75) is 25.5 Å².